The lowest BCUT2D eigenvalue weighted by molar-refractivity contribution is 0.0891. The Labute approximate surface area is 234 Å². The number of nitrogens with zero attached hydrogens (tertiary/aromatic N) is 6. The number of hydrogen-bond donors (Lipinski definition) is 2. The van der Waals surface area contributed by atoms with Crippen molar-refractivity contribution in [2.24, 2.45) is 0 Å². The Hall–Kier alpha value is -4.35. The normalized spacial score (nSPS) is 17.7. The summed E-state index contributed by atoms with van der Waals surface area (Å²) in [6.07, 6.45) is 3.67. The number of carbonyl (C=O) groups excluding carboxylic acids is 1. The molecule has 2 N–H and O–H groups in total. The number of carbonyl (C=O) groups is 1. The first kappa shape index (κ1) is 25.9. The number of imidazole rings is 1. The highest BCUT2D eigenvalue weighted by Crippen LogP contribution is 2.34. The number of aromatic amines is 1. The molecule has 2 aromatic carbocycles. The van der Waals surface area contributed by atoms with Crippen LogP contribution in [-0.4, -0.2) is 73.8 Å². The summed E-state index contributed by atoms with van der Waals surface area (Å²) < 4.78 is 22.5. The highest BCUT2D eigenvalue weighted by atomic mass is 35.5. The summed E-state index contributed by atoms with van der Waals surface area (Å²) in [5, 5.41) is 10.4. The molecule has 0 saturated carbocycles. The Balaban J connectivity index is 1.40. The summed E-state index contributed by atoms with van der Waals surface area (Å²) in [5.41, 5.74) is 2.74. The fraction of sp³-hybridized carbons (Fsp3) is 0.250. The summed E-state index contributed by atoms with van der Waals surface area (Å²) in [6, 6.07) is 13.1. The van der Waals surface area contributed by atoms with Crippen LogP contribution in [0.5, 0.6) is 5.75 Å². The van der Waals surface area contributed by atoms with Crippen molar-refractivity contribution in [3.8, 4) is 28.7 Å². The molecule has 0 spiro atoms. The van der Waals surface area contributed by atoms with Gasteiger partial charge in [-0.1, -0.05) is 23.7 Å². The van der Waals surface area contributed by atoms with Gasteiger partial charge in [-0.25, -0.2) is 14.4 Å². The van der Waals surface area contributed by atoms with Gasteiger partial charge in [0.2, 0.25) is 0 Å². The number of ether oxygens (including phenoxy) is 1. The molecule has 204 valence electrons. The van der Waals surface area contributed by atoms with Crippen LogP contribution in [0.1, 0.15) is 22.8 Å². The number of H-pyrrole nitrogens is 1. The predicted octanol–water partition coefficient (Wildman–Crippen LogP) is 4.36. The minimum atomic E-state index is -0.371. The van der Waals surface area contributed by atoms with Crippen molar-refractivity contribution in [2.45, 2.75) is 18.5 Å². The van der Waals surface area contributed by atoms with Crippen molar-refractivity contribution in [3.63, 3.8) is 0 Å². The van der Waals surface area contributed by atoms with Gasteiger partial charge in [0.05, 0.1) is 36.0 Å². The molecule has 10 nitrogen and oxygen atoms in total. The maximum Gasteiger partial charge on any atom is 0.255 e. The molecule has 0 bridgehead atoms. The van der Waals surface area contributed by atoms with Crippen LogP contribution in [0.4, 0.5) is 4.39 Å². The number of pyridine rings is 1. The van der Waals surface area contributed by atoms with Gasteiger partial charge in [0.1, 0.15) is 34.9 Å². The number of rotatable bonds is 6. The van der Waals surface area contributed by atoms with Crippen LogP contribution >= 0.6 is 11.6 Å². The second-order valence-electron chi connectivity index (χ2n) is 9.80. The zero-order valence-corrected chi connectivity index (χ0v) is 22.6. The molecule has 1 saturated heterocycles. The van der Waals surface area contributed by atoms with Crippen molar-refractivity contribution >= 4 is 28.5 Å². The SMILES string of the molecule is COc1ccc(Cl)cc1C(=O)N[C@H]1C[C@@H](n2c(-c3ccccc3F)nc3cnc(-c4ncn[nH]4)cc32)CN(C)C1. The highest BCUT2D eigenvalue weighted by molar-refractivity contribution is 6.31. The number of amides is 1. The fourth-order valence-electron chi connectivity index (χ4n) is 5.36. The number of aromatic nitrogens is 6. The number of fused-ring (bicyclic) bond motifs is 1. The van der Waals surface area contributed by atoms with Crippen molar-refractivity contribution < 1.29 is 13.9 Å². The molecule has 2 atom stereocenters. The first-order valence-corrected chi connectivity index (χ1v) is 13.1. The Morgan fingerprint density at radius 2 is 2.02 bits per heavy atom. The number of nitrogens with one attached hydrogen (secondary N) is 2. The van der Waals surface area contributed by atoms with Crippen LogP contribution in [0.2, 0.25) is 5.02 Å². The lowest BCUT2D eigenvalue weighted by Crippen LogP contribution is -2.50. The van der Waals surface area contributed by atoms with Crippen LogP contribution in [0.25, 0.3) is 33.9 Å². The maximum absolute atomic E-state index is 15.1. The van der Waals surface area contributed by atoms with E-state index in [1.54, 1.807) is 42.6 Å². The van der Waals surface area contributed by atoms with Crippen molar-refractivity contribution in [2.75, 3.05) is 27.2 Å². The molecule has 0 radical (unpaired) electrons. The smallest absolute Gasteiger partial charge is 0.255 e. The largest absolute Gasteiger partial charge is 0.496 e. The van der Waals surface area contributed by atoms with Crippen LogP contribution in [0.15, 0.2) is 61.1 Å². The van der Waals surface area contributed by atoms with Gasteiger partial charge in [0.15, 0.2) is 5.82 Å². The van der Waals surface area contributed by atoms with Crippen LogP contribution in [-0.2, 0) is 0 Å². The first-order valence-electron chi connectivity index (χ1n) is 12.7. The van der Waals surface area contributed by atoms with Crippen molar-refractivity contribution in [1.29, 1.82) is 0 Å². The second-order valence-corrected chi connectivity index (χ2v) is 10.2. The van der Waals surface area contributed by atoms with Crippen molar-refractivity contribution in [3.05, 3.63) is 77.5 Å². The summed E-state index contributed by atoms with van der Waals surface area (Å²) in [4.78, 5) is 29.0. The quantitative estimate of drug-likeness (QED) is 0.317. The van der Waals surface area contributed by atoms with E-state index in [4.69, 9.17) is 21.3 Å². The van der Waals surface area contributed by atoms with Gasteiger partial charge in [-0.05, 0) is 49.9 Å². The van der Waals surface area contributed by atoms with E-state index in [0.29, 0.717) is 64.3 Å². The first-order chi connectivity index (χ1) is 19.4. The number of halogens is 2. The third-order valence-corrected chi connectivity index (χ3v) is 7.30. The van der Waals surface area contributed by atoms with E-state index in [9.17, 15) is 4.79 Å². The molecular weight excluding hydrogens is 535 g/mol. The van der Waals surface area contributed by atoms with E-state index in [0.717, 1.165) is 5.52 Å². The molecule has 6 rings (SSSR count). The summed E-state index contributed by atoms with van der Waals surface area (Å²) >= 11 is 6.17. The standard InChI is InChI=1S/C28H26ClFN8O2/c1-37-13-17(34-28(39)20-9-16(29)7-8-25(20)40-2)10-18(14-37)38-24-11-22(26-32-15-33-36-26)31-12-23(24)35-27(38)19-5-3-4-6-21(19)30/h3-9,11-12,15,17-18H,10,13-14H2,1-2H3,(H,34,39)(H,32,33,36)/t17-,18+/m0/s1. The molecule has 3 aromatic heterocycles. The Morgan fingerprint density at radius 3 is 2.80 bits per heavy atom. The Bertz CT molecular complexity index is 1690. The molecule has 5 aromatic rings. The van der Waals surface area contributed by atoms with Gasteiger partial charge in [-0.15, -0.1) is 0 Å². The molecule has 1 fully saturated rings. The van der Waals surface area contributed by atoms with E-state index in [1.807, 2.05) is 17.7 Å². The number of likely N-dealkylation sites (N-methyl/N-ethyl adjacent to an activating group) is 1. The molecule has 4 heterocycles. The maximum atomic E-state index is 15.1. The molecule has 40 heavy (non-hydrogen) atoms. The van der Waals surface area contributed by atoms with E-state index in [1.165, 1.54) is 19.5 Å². The number of likely N-dealkylation sites (tertiary alicyclic amines) is 1. The summed E-state index contributed by atoms with van der Waals surface area (Å²) in [5.74, 6) is 0.803. The molecule has 0 unspecified atom stereocenters. The van der Waals surface area contributed by atoms with Gasteiger partial charge in [-0.3, -0.25) is 14.9 Å². The molecule has 0 aliphatic carbocycles. The minimum Gasteiger partial charge on any atom is -0.496 e. The van der Waals surface area contributed by atoms with Crippen LogP contribution in [0.3, 0.4) is 0 Å². The van der Waals surface area contributed by atoms with E-state index < -0.39 is 0 Å². The van der Waals surface area contributed by atoms with E-state index >= 15 is 4.39 Å². The number of benzene rings is 2. The molecular formula is C28H26ClFN8O2. The lowest BCUT2D eigenvalue weighted by Gasteiger charge is -2.37. The predicted molar refractivity (Wildman–Crippen MR) is 149 cm³/mol. The Morgan fingerprint density at radius 1 is 1.18 bits per heavy atom. The summed E-state index contributed by atoms with van der Waals surface area (Å²) in [6.45, 7) is 1.30. The van der Waals surface area contributed by atoms with Gasteiger partial charge >= 0.3 is 0 Å². The molecule has 1 amide bonds. The molecule has 12 heteroatoms. The zero-order valence-electron chi connectivity index (χ0n) is 21.8. The average Bonchev–Trinajstić information content (AvgIpc) is 3.61. The zero-order chi connectivity index (χ0) is 27.8. The van der Waals surface area contributed by atoms with E-state index in [2.05, 4.69) is 30.4 Å². The van der Waals surface area contributed by atoms with E-state index in [-0.39, 0.29) is 23.8 Å². The van der Waals surface area contributed by atoms with Crippen LogP contribution in [0, 0.1) is 5.82 Å². The molecule has 1 aliphatic heterocycles. The summed E-state index contributed by atoms with van der Waals surface area (Å²) in [7, 11) is 3.51. The minimum absolute atomic E-state index is 0.144. The number of hydrogen-bond acceptors (Lipinski definition) is 7. The van der Waals surface area contributed by atoms with Gasteiger partial charge < -0.3 is 19.5 Å². The van der Waals surface area contributed by atoms with Gasteiger partial charge in [0, 0.05) is 24.2 Å². The van der Waals surface area contributed by atoms with Crippen molar-refractivity contribution in [1.82, 2.24) is 39.9 Å². The van der Waals surface area contributed by atoms with Gasteiger partial charge in [0.25, 0.3) is 5.91 Å². The number of piperidine rings is 1. The monoisotopic (exact) mass is 560 g/mol. The van der Waals surface area contributed by atoms with Crippen LogP contribution < -0.4 is 10.1 Å². The molecule has 1 aliphatic rings. The third kappa shape index (κ3) is 4.89. The third-order valence-electron chi connectivity index (χ3n) is 7.07. The number of methoxy groups -OCH3 is 1. The second kappa shape index (κ2) is 10.7. The average molecular weight is 561 g/mol. The fourth-order valence-corrected chi connectivity index (χ4v) is 5.53. The Kier molecular flexibility index (Phi) is 6.91. The lowest BCUT2D eigenvalue weighted by atomic mass is 9.99. The topological polar surface area (TPSA) is 114 Å². The highest BCUT2D eigenvalue weighted by Gasteiger charge is 2.32. The van der Waals surface area contributed by atoms with Gasteiger partial charge in [-0.2, -0.15) is 5.10 Å².